The quantitative estimate of drug-likeness (QED) is 0.113. The molecule has 0 saturated carbocycles. The number of esters is 1. The van der Waals surface area contributed by atoms with Crippen molar-refractivity contribution in [3.05, 3.63) is 82.0 Å². The number of hydrogen-bond acceptors (Lipinski definition) is 9. The minimum Gasteiger partial charge on any atom is -0.465 e. The van der Waals surface area contributed by atoms with Crippen molar-refractivity contribution >= 4 is 35.2 Å². The number of pyridine rings is 1. The molecule has 0 radical (unpaired) electrons. The van der Waals surface area contributed by atoms with Gasteiger partial charge in [-0.3, -0.25) is 15.1 Å². The molecular formula is C21H19N4O6S+. The van der Waals surface area contributed by atoms with Gasteiger partial charge in [-0.15, -0.1) is 17.9 Å². The van der Waals surface area contributed by atoms with E-state index in [0.717, 1.165) is 11.6 Å². The van der Waals surface area contributed by atoms with E-state index in [2.05, 4.69) is 21.3 Å². The number of nitro groups is 1. The zero-order chi connectivity index (χ0) is 23.1. The number of aromatic nitrogens is 2. The number of benzene rings is 1. The van der Waals surface area contributed by atoms with Crippen LogP contribution in [-0.2, 0) is 20.9 Å². The van der Waals surface area contributed by atoms with Crippen molar-refractivity contribution in [3.8, 4) is 10.6 Å². The highest BCUT2D eigenvalue weighted by atomic mass is 32.1. The van der Waals surface area contributed by atoms with Gasteiger partial charge in [-0.2, -0.15) is 9.82 Å². The highest BCUT2D eigenvalue weighted by Gasteiger charge is 2.39. The predicted octanol–water partition coefficient (Wildman–Crippen LogP) is 3.68. The molecule has 11 heteroatoms. The number of carbonyl (C=O) groups is 2. The molecular weight excluding hydrogens is 436 g/mol. The van der Waals surface area contributed by atoms with Gasteiger partial charge >= 0.3 is 12.4 Å². The summed E-state index contributed by atoms with van der Waals surface area (Å²) in [6, 6.07) is 7.45. The van der Waals surface area contributed by atoms with Gasteiger partial charge in [0.15, 0.2) is 6.54 Å². The minimum atomic E-state index is -0.758. The third-order valence-electron chi connectivity index (χ3n) is 4.51. The molecule has 2 aromatic heterocycles. The molecule has 0 aliphatic rings. The first-order valence-electron chi connectivity index (χ1n) is 9.25. The van der Waals surface area contributed by atoms with Gasteiger partial charge in [0.05, 0.1) is 28.5 Å². The molecule has 0 saturated heterocycles. The Bertz CT molecular complexity index is 1150. The van der Waals surface area contributed by atoms with Crippen molar-refractivity contribution in [2.75, 3.05) is 13.7 Å². The molecule has 1 atom stereocenters. The summed E-state index contributed by atoms with van der Waals surface area (Å²) in [4.78, 5) is 49.4. The van der Waals surface area contributed by atoms with Crippen LogP contribution in [0.2, 0.25) is 0 Å². The molecule has 0 bridgehead atoms. The van der Waals surface area contributed by atoms with Crippen LogP contribution >= 0.6 is 11.3 Å². The van der Waals surface area contributed by atoms with E-state index in [1.807, 2.05) is 0 Å². The van der Waals surface area contributed by atoms with Gasteiger partial charge in [0.25, 0.3) is 11.5 Å². The second kappa shape index (κ2) is 10.0. The van der Waals surface area contributed by atoms with Gasteiger partial charge < -0.3 is 4.74 Å². The summed E-state index contributed by atoms with van der Waals surface area (Å²) in [5.74, 6) is -0.454. The maximum atomic E-state index is 12.3. The van der Waals surface area contributed by atoms with Gasteiger partial charge in [0, 0.05) is 24.0 Å². The molecule has 32 heavy (non-hydrogen) atoms. The van der Waals surface area contributed by atoms with Crippen LogP contribution in [0.3, 0.4) is 0 Å². The third-order valence-corrected chi connectivity index (χ3v) is 5.39. The van der Waals surface area contributed by atoms with Crippen molar-refractivity contribution < 1.29 is 24.1 Å². The van der Waals surface area contributed by atoms with Crippen LogP contribution in [0.15, 0.2) is 60.8 Å². The van der Waals surface area contributed by atoms with Gasteiger partial charge in [-0.05, 0) is 24.3 Å². The summed E-state index contributed by atoms with van der Waals surface area (Å²) in [6.45, 7) is 3.37. The third kappa shape index (κ3) is 4.75. The maximum Gasteiger partial charge on any atom is 0.340 e. The van der Waals surface area contributed by atoms with Crippen molar-refractivity contribution in [2.24, 2.45) is 0 Å². The lowest BCUT2D eigenvalue weighted by Gasteiger charge is -2.25. The number of rotatable bonds is 10. The Balaban J connectivity index is 2.06. The molecule has 0 fully saturated rings. The van der Waals surface area contributed by atoms with E-state index in [1.54, 1.807) is 29.9 Å². The highest BCUT2D eigenvalue weighted by molar-refractivity contribution is 7.13. The summed E-state index contributed by atoms with van der Waals surface area (Å²) in [5.41, 5.74) is 0.659. The average molecular weight is 455 g/mol. The molecule has 3 rings (SSSR count). The molecule has 1 unspecified atom stereocenters. The first-order chi connectivity index (χ1) is 15.4. The smallest absolute Gasteiger partial charge is 0.340 e. The Morgan fingerprint density at radius 2 is 2.06 bits per heavy atom. The molecule has 1 aromatic carbocycles. The number of ether oxygens (including phenoxy) is 1. The van der Waals surface area contributed by atoms with Crippen LogP contribution in [0.25, 0.3) is 10.6 Å². The zero-order valence-corrected chi connectivity index (χ0v) is 17.9. The average Bonchev–Trinajstić information content (AvgIpc) is 3.33. The summed E-state index contributed by atoms with van der Waals surface area (Å²) >= 11 is 1.29. The number of nitrogens with zero attached hydrogens (tertiary/aromatic N) is 4. The van der Waals surface area contributed by atoms with E-state index >= 15 is 0 Å². The molecule has 0 aliphatic heterocycles. The van der Waals surface area contributed by atoms with Crippen LogP contribution in [0.1, 0.15) is 15.9 Å². The first-order valence-corrected chi connectivity index (χ1v) is 10.1. The SMILES string of the molecule is C=CCO[N+](C=O)(Cc1ccc(C(=O)OC)cc1[N+](=O)[O-])c1csc(-c2ccncc2)n1. The van der Waals surface area contributed by atoms with E-state index in [9.17, 15) is 19.7 Å². The van der Waals surface area contributed by atoms with Crippen molar-refractivity contribution in [1.29, 1.82) is 0 Å². The van der Waals surface area contributed by atoms with Crippen LogP contribution in [0.5, 0.6) is 0 Å². The van der Waals surface area contributed by atoms with E-state index in [0.29, 0.717) is 11.4 Å². The number of quaternary nitrogens is 1. The lowest BCUT2D eigenvalue weighted by molar-refractivity contribution is -0.386. The van der Waals surface area contributed by atoms with E-state index < -0.39 is 15.5 Å². The Hall–Kier alpha value is -3.80. The Kier molecular flexibility index (Phi) is 7.15. The van der Waals surface area contributed by atoms with Crippen LogP contribution in [-0.4, -0.2) is 41.0 Å². The fraction of sp³-hybridized carbons (Fsp3) is 0.143. The molecule has 0 spiro atoms. The highest BCUT2D eigenvalue weighted by Crippen LogP contribution is 2.34. The second-order valence-electron chi connectivity index (χ2n) is 6.48. The minimum absolute atomic E-state index is 0.00506. The second-order valence-corrected chi connectivity index (χ2v) is 7.34. The zero-order valence-electron chi connectivity index (χ0n) is 17.0. The summed E-state index contributed by atoms with van der Waals surface area (Å²) in [7, 11) is 1.18. The van der Waals surface area contributed by atoms with E-state index in [4.69, 9.17) is 4.84 Å². The van der Waals surface area contributed by atoms with Crippen molar-refractivity contribution in [2.45, 2.75) is 6.54 Å². The number of hydrogen-bond donors (Lipinski definition) is 0. The number of hydroxylamine groups is 2. The lowest BCUT2D eigenvalue weighted by atomic mass is 10.1. The number of amides is 1. The van der Waals surface area contributed by atoms with Crippen LogP contribution in [0.4, 0.5) is 11.5 Å². The molecule has 1 amide bonds. The topological polar surface area (TPSA) is 122 Å². The summed E-state index contributed by atoms with van der Waals surface area (Å²) < 4.78 is 3.87. The molecule has 164 valence electrons. The molecule has 0 aliphatic carbocycles. The Morgan fingerprint density at radius 1 is 1.31 bits per heavy atom. The van der Waals surface area contributed by atoms with Crippen molar-refractivity contribution in [1.82, 2.24) is 14.6 Å². The van der Waals surface area contributed by atoms with Gasteiger partial charge in [-0.1, -0.05) is 10.7 Å². The maximum absolute atomic E-state index is 12.3. The molecule has 0 N–H and O–H groups in total. The Morgan fingerprint density at radius 3 is 2.69 bits per heavy atom. The van der Waals surface area contributed by atoms with Gasteiger partial charge in [0.2, 0.25) is 0 Å². The molecule has 2 heterocycles. The molecule has 3 aromatic rings. The van der Waals surface area contributed by atoms with Gasteiger partial charge in [0.1, 0.15) is 11.6 Å². The number of thiazole rings is 1. The predicted molar refractivity (Wildman–Crippen MR) is 117 cm³/mol. The number of carbonyl (C=O) groups excluding carboxylic acids is 2. The monoisotopic (exact) mass is 455 g/mol. The van der Waals surface area contributed by atoms with E-state index in [1.165, 1.54) is 36.7 Å². The molecule has 10 nitrogen and oxygen atoms in total. The van der Waals surface area contributed by atoms with Crippen LogP contribution in [0, 0.1) is 10.1 Å². The van der Waals surface area contributed by atoms with Crippen molar-refractivity contribution in [3.63, 3.8) is 0 Å². The fourth-order valence-electron chi connectivity index (χ4n) is 2.93. The number of methoxy groups -OCH3 is 1. The summed E-state index contributed by atoms with van der Waals surface area (Å²) in [5, 5.41) is 14.0. The fourth-order valence-corrected chi connectivity index (χ4v) is 3.80. The first kappa shape index (κ1) is 22.9. The van der Waals surface area contributed by atoms with E-state index in [-0.39, 0.29) is 35.8 Å². The number of nitro benzene ring substituents is 1. The summed E-state index contributed by atoms with van der Waals surface area (Å²) in [6.07, 6.45) is 5.23. The normalized spacial score (nSPS) is 12.5. The standard InChI is InChI=1S/C21H19N4O6S/c1-3-10-31-25(14-26,19-13-32-20(23-19)15-6-8-22-9-7-15)12-17-5-4-16(21(27)30-2)11-18(17)24(28)29/h3-9,11,13-14H,1,10,12H2,2H3/q+1. The van der Waals surface area contributed by atoms with Gasteiger partial charge in [-0.25, -0.2) is 9.59 Å². The lowest BCUT2D eigenvalue weighted by Crippen LogP contribution is -2.47. The Labute approximate surface area is 187 Å². The largest absolute Gasteiger partial charge is 0.465 e. The van der Waals surface area contributed by atoms with Crippen LogP contribution < -0.4 is 4.65 Å².